The van der Waals surface area contributed by atoms with Gasteiger partial charge in [-0.1, -0.05) is 24.3 Å². The Morgan fingerprint density at radius 3 is 2.92 bits per heavy atom. The maximum atomic E-state index is 12.3. The topological polar surface area (TPSA) is 71.1 Å². The molecule has 3 rings (SSSR count). The predicted molar refractivity (Wildman–Crippen MR) is 100 cm³/mol. The number of benzene rings is 1. The van der Waals surface area contributed by atoms with E-state index in [2.05, 4.69) is 15.6 Å². The SMILES string of the molecule is O=C(CCS[C@H]1CCc2ccccc2NC1=O)NCc1ccccn1. The van der Waals surface area contributed by atoms with Crippen LogP contribution >= 0.6 is 11.8 Å². The summed E-state index contributed by atoms with van der Waals surface area (Å²) in [5.41, 5.74) is 2.92. The van der Waals surface area contributed by atoms with Crippen molar-refractivity contribution in [1.29, 1.82) is 0 Å². The van der Waals surface area contributed by atoms with Gasteiger partial charge in [-0.15, -0.1) is 11.8 Å². The zero-order chi connectivity index (χ0) is 17.5. The molecule has 0 radical (unpaired) electrons. The Bertz CT molecular complexity index is 736. The van der Waals surface area contributed by atoms with Crippen molar-refractivity contribution >= 4 is 29.3 Å². The molecule has 0 fully saturated rings. The summed E-state index contributed by atoms with van der Waals surface area (Å²) in [5, 5.41) is 5.73. The van der Waals surface area contributed by atoms with E-state index in [0.29, 0.717) is 18.7 Å². The number of rotatable bonds is 6. The molecule has 6 heteroatoms. The minimum absolute atomic E-state index is 0.0181. The molecular weight excluding hydrogens is 334 g/mol. The van der Waals surface area contributed by atoms with Crippen molar-refractivity contribution in [3.05, 3.63) is 59.9 Å². The standard InChI is InChI=1S/C19H21N3O2S/c23-18(21-13-15-6-3-4-11-20-15)10-12-25-17-9-8-14-5-1-2-7-16(14)22-19(17)24/h1-7,11,17H,8-10,12-13H2,(H,21,23)(H,22,24)/t17-/m0/s1. The summed E-state index contributed by atoms with van der Waals surface area (Å²) in [6, 6.07) is 13.5. The van der Waals surface area contributed by atoms with Crippen molar-refractivity contribution in [1.82, 2.24) is 10.3 Å². The lowest BCUT2D eigenvalue weighted by molar-refractivity contribution is -0.121. The van der Waals surface area contributed by atoms with Gasteiger partial charge in [0.05, 0.1) is 17.5 Å². The number of thioether (sulfide) groups is 1. The van der Waals surface area contributed by atoms with E-state index >= 15 is 0 Å². The highest BCUT2D eigenvalue weighted by Crippen LogP contribution is 2.27. The molecule has 0 saturated heterocycles. The lowest BCUT2D eigenvalue weighted by atomic mass is 10.1. The van der Waals surface area contributed by atoms with Gasteiger partial charge in [-0.05, 0) is 36.6 Å². The predicted octanol–water partition coefficient (Wildman–Crippen LogP) is 2.77. The number of amides is 2. The van der Waals surface area contributed by atoms with E-state index in [1.165, 1.54) is 5.56 Å². The molecule has 1 aromatic heterocycles. The Hall–Kier alpha value is -2.34. The Labute approximate surface area is 151 Å². The third-order valence-corrected chi connectivity index (χ3v) is 5.38. The van der Waals surface area contributed by atoms with Gasteiger partial charge in [0.1, 0.15) is 0 Å². The van der Waals surface area contributed by atoms with Crippen LogP contribution in [0.25, 0.3) is 0 Å². The smallest absolute Gasteiger partial charge is 0.237 e. The fourth-order valence-corrected chi connectivity index (χ4v) is 3.81. The van der Waals surface area contributed by atoms with Crippen LogP contribution in [0.3, 0.4) is 0 Å². The van der Waals surface area contributed by atoms with Crippen LogP contribution in [0.2, 0.25) is 0 Å². The number of carbonyl (C=O) groups is 2. The Kier molecular flexibility index (Phi) is 6.06. The van der Waals surface area contributed by atoms with Crippen LogP contribution in [0.1, 0.15) is 24.1 Å². The maximum absolute atomic E-state index is 12.3. The monoisotopic (exact) mass is 355 g/mol. The van der Waals surface area contributed by atoms with Crippen LogP contribution in [0, 0.1) is 0 Å². The van der Waals surface area contributed by atoms with Gasteiger partial charge in [-0.2, -0.15) is 0 Å². The molecule has 130 valence electrons. The highest BCUT2D eigenvalue weighted by Gasteiger charge is 2.23. The van der Waals surface area contributed by atoms with Crippen LogP contribution in [0.15, 0.2) is 48.7 Å². The molecule has 1 aliphatic heterocycles. The summed E-state index contributed by atoms with van der Waals surface area (Å²) in [4.78, 5) is 28.4. The number of hydrogen-bond acceptors (Lipinski definition) is 4. The van der Waals surface area contributed by atoms with E-state index in [1.54, 1.807) is 18.0 Å². The van der Waals surface area contributed by atoms with Crippen LogP contribution in [0.4, 0.5) is 5.69 Å². The summed E-state index contributed by atoms with van der Waals surface area (Å²) < 4.78 is 0. The van der Waals surface area contributed by atoms with Gasteiger partial charge in [-0.3, -0.25) is 14.6 Å². The number of nitrogens with one attached hydrogen (secondary N) is 2. The molecule has 0 unspecified atom stereocenters. The van der Waals surface area contributed by atoms with Crippen LogP contribution < -0.4 is 10.6 Å². The van der Waals surface area contributed by atoms with Crippen molar-refractivity contribution in [3.8, 4) is 0 Å². The number of nitrogens with zero attached hydrogens (tertiary/aromatic N) is 1. The van der Waals surface area contributed by atoms with Gasteiger partial charge in [0.25, 0.3) is 0 Å². The zero-order valence-electron chi connectivity index (χ0n) is 13.9. The number of para-hydroxylation sites is 1. The number of aryl methyl sites for hydroxylation is 1. The minimum atomic E-state index is -0.115. The molecule has 2 heterocycles. The summed E-state index contributed by atoms with van der Waals surface area (Å²) in [6.45, 7) is 0.434. The Balaban J connectivity index is 1.41. The average Bonchev–Trinajstić information content (AvgIpc) is 2.80. The van der Waals surface area contributed by atoms with Crippen molar-refractivity contribution in [2.45, 2.75) is 31.1 Å². The first-order valence-electron chi connectivity index (χ1n) is 8.39. The van der Waals surface area contributed by atoms with Crippen LogP contribution in [0.5, 0.6) is 0 Å². The number of carbonyl (C=O) groups excluding carboxylic acids is 2. The molecule has 0 bridgehead atoms. The lowest BCUT2D eigenvalue weighted by Crippen LogP contribution is -2.26. The van der Waals surface area contributed by atoms with Crippen LogP contribution in [-0.4, -0.2) is 27.8 Å². The maximum Gasteiger partial charge on any atom is 0.237 e. The van der Waals surface area contributed by atoms with Crippen LogP contribution in [-0.2, 0) is 22.6 Å². The van der Waals surface area contributed by atoms with Crippen molar-refractivity contribution in [2.75, 3.05) is 11.1 Å². The summed E-state index contributed by atoms with van der Waals surface area (Å²) in [5.74, 6) is 0.641. The number of anilines is 1. The summed E-state index contributed by atoms with van der Waals surface area (Å²) in [6.07, 6.45) is 3.77. The molecule has 1 aliphatic rings. The summed E-state index contributed by atoms with van der Waals surface area (Å²) >= 11 is 1.55. The second kappa shape index (κ2) is 8.67. The first-order valence-corrected chi connectivity index (χ1v) is 9.44. The van der Waals surface area contributed by atoms with E-state index in [1.807, 2.05) is 42.5 Å². The zero-order valence-corrected chi connectivity index (χ0v) is 14.7. The summed E-state index contributed by atoms with van der Waals surface area (Å²) in [7, 11) is 0. The fourth-order valence-electron chi connectivity index (χ4n) is 2.72. The second-order valence-electron chi connectivity index (χ2n) is 5.89. The molecule has 2 aromatic rings. The lowest BCUT2D eigenvalue weighted by Gasteiger charge is -2.12. The third-order valence-electron chi connectivity index (χ3n) is 4.08. The molecule has 0 aliphatic carbocycles. The molecule has 0 spiro atoms. The van der Waals surface area contributed by atoms with E-state index in [9.17, 15) is 9.59 Å². The molecule has 1 aromatic carbocycles. The number of hydrogen-bond donors (Lipinski definition) is 2. The molecule has 25 heavy (non-hydrogen) atoms. The van der Waals surface area contributed by atoms with Gasteiger partial charge in [0.15, 0.2) is 0 Å². The molecule has 0 saturated carbocycles. The molecule has 5 nitrogen and oxygen atoms in total. The van der Waals surface area contributed by atoms with E-state index < -0.39 is 0 Å². The van der Waals surface area contributed by atoms with E-state index in [0.717, 1.165) is 24.2 Å². The average molecular weight is 355 g/mol. The van der Waals surface area contributed by atoms with Crippen molar-refractivity contribution < 1.29 is 9.59 Å². The van der Waals surface area contributed by atoms with Gasteiger partial charge in [0, 0.05) is 24.1 Å². The third kappa shape index (κ3) is 5.06. The number of fused-ring (bicyclic) bond motifs is 1. The van der Waals surface area contributed by atoms with E-state index in [-0.39, 0.29) is 17.1 Å². The largest absolute Gasteiger partial charge is 0.350 e. The first-order chi connectivity index (χ1) is 12.2. The highest BCUT2D eigenvalue weighted by molar-refractivity contribution is 8.00. The number of pyridine rings is 1. The van der Waals surface area contributed by atoms with Gasteiger partial charge >= 0.3 is 0 Å². The molecule has 1 atom stereocenters. The first kappa shape index (κ1) is 17.5. The van der Waals surface area contributed by atoms with Crippen molar-refractivity contribution in [3.63, 3.8) is 0 Å². The Morgan fingerprint density at radius 2 is 2.08 bits per heavy atom. The molecule has 2 N–H and O–H groups in total. The van der Waals surface area contributed by atoms with Gasteiger partial charge < -0.3 is 10.6 Å². The Morgan fingerprint density at radius 1 is 1.24 bits per heavy atom. The quantitative estimate of drug-likeness (QED) is 0.836. The van der Waals surface area contributed by atoms with E-state index in [4.69, 9.17) is 0 Å². The normalized spacial score (nSPS) is 16.5. The molecule has 2 amide bonds. The fraction of sp³-hybridized carbons (Fsp3) is 0.316. The minimum Gasteiger partial charge on any atom is -0.350 e. The number of aromatic nitrogens is 1. The molecular formula is C19H21N3O2S. The van der Waals surface area contributed by atoms with Gasteiger partial charge in [-0.25, -0.2) is 0 Å². The van der Waals surface area contributed by atoms with Crippen molar-refractivity contribution in [2.24, 2.45) is 0 Å². The highest BCUT2D eigenvalue weighted by atomic mass is 32.2. The van der Waals surface area contributed by atoms with Gasteiger partial charge in [0.2, 0.25) is 11.8 Å². The second-order valence-corrected chi connectivity index (χ2v) is 7.20.